The van der Waals surface area contributed by atoms with Crippen LogP contribution in [0.4, 0.5) is 18.0 Å². The molecule has 0 aliphatic carbocycles. The lowest BCUT2D eigenvalue weighted by atomic mass is 10.1. The summed E-state index contributed by atoms with van der Waals surface area (Å²) < 4.78 is 41.9. The van der Waals surface area contributed by atoms with Gasteiger partial charge in [-0.1, -0.05) is 23.7 Å². The second kappa shape index (κ2) is 9.19. The van der Waals surface area contributed by atoms with E-state index in [0.29, 0.717) is 41.2 Å². The molecule has 2 aliphatic rings. The molecule has 0 radical (unpaired) electrons. The first kappa shape index (κ1) is 25.3. The third-order valence-electron chi connectivity index (χ3n) is 6.32. The number of benzene rings is 2. The number of aliphatic carboxylic acids is 1. The van der Waals surface area contributed by atoms with Crippen LogP contribution in [-0.4, -0.2) is 49.1 Å². The number of carbonyl (C=O) groups excluding carboxylic acids is 2. The van der Waals surface area contributed by atoms with Crippen LogP contribution in [0.5, 0.6) is 0 Å². The van der Waals surface area contributed by atoms with E-state index in [0.717, 1.165) is 11.0 Å². The molecule has 0 unspecified atom stereocenters. The zero-order valence-corrected chi connectivity index (χ0v) is 20.5. The number of imide groups is 1. The van der Waals surface area contributed by atoms with Crippen LogP contribution in [0.25, 0.3) is 17.0 Å². The van der Waals surface area contributed by atoms with Gasteiger partial charge in [-0.3, -0.25) is 19.6 Å². The Morgan fingerprint density at radius 3 is 2.70 bits per heavy atom. The Bertz CT molecular complexity index is 1480. The van der Waals surface area contributed by atoms with E-state index in [4.69, 9.17) is 11.6 Å². The summed E-state index contributed by atoms with van der Waals surface area (Å²) >= 11 is 6.42. The molecule has 5 rings (SSSR count). The Labute approximate surface area is 217 Å². The third-order valence-corrected chi connectivity index (χ3v) is 7.43. The summed E-state index contributed by atoms with van der Waals surface area (Å²) in [5.74, 6) is -2.00. The number of fused-ring (bicyclic) bond motifs is 1. The van der Waals surface area contributed by atoms with Crippen LogP contribution in [0.2, 0.25) is 5.02 Å². The second-order valence-corrected chi connectivity index (χ2v) is 10.1. The molecule has 0 saturated carbocycles. The predicted molar refractivity (Wildman–Crippen MR) is 131 cm³/mol. The van der Waals surface area contributed by atoms with Crippen molar-refractivity contribution >= 4 is 57.5 Å². The maximum Gasteiger partial charge on any atom is 0.416 e. The van der Waals surface area contributed by atoms with Crippen LogP contribution in [0.15, 0.2) is 47.5 Å². The van der Waals surface area contributed by atoms with Crippen LogP contribution < -0.4 is 5.32 Å². The number of nitrogens with one attached hydrogen (secondary N) is 1. The Morgan fingerprint density at radius 2 is 2.03 bits per heavy atom. The Balaban J connectivity index is 1.43. The summed E-state index contributed by atoms with van der Waals surface area (Å²) in [6, 6.07) is 8.55. The molecule has 2 fully saturated rings. The van der Waals surface area contributed by atoms with E-state index in [1.54, 1.807) is 18.2 Å². The van der Waals surface area contributed by atoms with E-state index in [2.05, 4.69) is 10.4 Å². The molecule has 2 N–H and O–H groups in total. The lowest BCUT2D eigenvalue weighted by molar-refractivity contribution is -0.155. The van der Waals surface area contributed by atoms with Gasteiger partial charge in [-0.15, -0.1) is 0 Å². The Kier molecular flexibility index (Phi) is 6.29. The van der Waals surface area contributed by atoms with Crippen molar-refractivity contribution in [3.05, 3.63) is 69.2 Å². The van der Waals surface area contributed by atoms with Crippen molar-refractivity contribution in [1.29, 1.82) is 0 Å². The fourth-order valence-corrected chi connectivity index (χ4v) is 5.64. The molecule has 3 aromatic rings. The predicted octanol–water partition coefficient (Wildman–Crippen LogP) is 4.96. The standard InChI is InChI=1S/C24H18ClF3N4O4S/c25-16-4-3-14(17(10-16)24(26,27)28)12-31-18-5-2-13(8-15(18)11-30-31)9-19-20(33)32(22(36)37-19)23(21(34)35)6-1-7-29-23/h2-5,8-11,29H,1,6-7,12H2,(H,34,35)/t23-/m1/s1. The molecule has 8 nitrogen and oxygen atoms in total. The number of nitrogens with zero attached hydrogens (tertiary/aromatic N) is 3. The van der Waals surface area contributed by atoms with Gasteiger partial charge in [0.15, 0.2) is 0 Å². The fraction of sp³-hybridized carbons (Fsp3) is 0.250. The summed E-state index contributed by atoms with van der Waals surface area (Å²) in [4.78, 5) is 38.4. The van der Waals surface area contributed by atoms with E-state index in [1.165, 1.54) is 29.1 Å². The summed E-state index contributed by atoms with van der Waals surface area (Å²) in [5, 5.41) is 16.6. The van der Waals surface area contributed by atoms with Gasteiger partial charge in [-0.2, -0.15) is 18.3 Å². The summed E-state index contributed by atoms with van der Waals surface area (Å²) in [6.07, 6.45) is -0.986. The average molecular weight is 551 g/mol. The van der Waals surface area contributed by atoms with Gasteiger partial charge in [-0.05, 0) is 72.6 Å². The number of hydrogen-bond acceptors (Lipinski definition) is 6. The number of aromatic nitrogens is 2. The molecular weight excluding hydrogens is 533 g/mol. The Hall–Kier alpha value is -3.35. The van der Waals surface area contributed by atoms with Gasteiger partial charge in [0.1, 0.15) is 0 Å². The molecule has 13 heteroatoms. The summed E-state index contributed by atoms with van der Waals surface area (Å²) in [6.45, 7) is 0.228. The molecule has 2 saturated heterocycles. The molecule has 1 aromatic heterocycles. The van der Waals surface area contributed by atoms with Gasteiger partial charge in [0, 0.05) is 10.4 Å². The average Bonchev–Trinajstić information content (AvgIpc) is 3.53. The number of carboxylic acids is 1. The second-order valence-electron chi connectivity index (χ2n) is 8.63. The molecule has 37 heavy (non-hydrogen) atoms. The molecule has 0 spiro atoms. The van der Waals surface area contributed by atoms with Gasteiger partial charge in [0.05, 0.1) is 28.7 Å². The first-order valence-electron chi connectivity index (χ1n) is 11.1. The van der Waals surface area contributed by atoms with Crippen LogP contribution in [-0.2, 0) is 22.3 Å². The molecule has 3 heterocycles. The number of carbonyl (C=O) groups is 3. The normalized spacial score (nSPS) is 21.5. The molecule has 192 valence electrons. The topological polar surface area (TPSA) is 105 Å². The third kappa shape index (κ3) is 4.49. The molecule has 0 bridgehead atoms. The molecule has 1 atom stereocenters. The molecule has 2 aliphatic heterocycles. The maximum absolute atomic E-state index is 13.5. The summed E-state index contributed by atoms with van der Waals surface area (Å²) in [5.41, 5.74) is -1.49. The van der Waals surface area contributed by atoms with Crippen LogP contribution >= 0.6 is 23.4 Å². The summed E-state index contributed by atoms with van der Waals surface area (Å²) in [7, 11) is 0. The number of rotatable bonds is 5. The van der Waals surface area contributed by atoms with E-state index in [9.17, 15) is 32.7 Å². The lowest BCUT2D eigenvalue weighted by Gasteiger charge is -2.32. The highest BCUT2D eigenvalue weighted by Gasteiger charge is 2.55. The minimum Gasteiger partial charge on any atom is -0.478 e. The van der Waals surface area contributed by atoms with Crippen molar-refractivity contribution < 1.29 is 32.7 Å². The highest BCUT2D eigenvalue weighted by atomic mass is 35.5. The number of halogens is 4. The van der Waals surface area contributed by atoms with E-state index in [1.807, 2.05) is 0 Å². The van der Waals surface area contributed by atoms with Gasteiger partial charge in [0.2, 0.25) is 5.66 Å². The number of amides is 2. The minimum absolute atomic E-state index is 0.00697. The monoisotopic (exact) mass is 550 g/mol. The van der Waals surface area contributed by atoms with E-state index in [-0.39, 0.29) is 28.5 Å². The first-order valence-corrected chi connectivity index (χ1v) is 12.3. The van der Waals surface area contributed by atoms with E-state index < -0.39 is 34.5 Å². The van der Waals surface area contributed by atoms with Crippen molar-refractivity contribution in [3.63, 3.8) is 0 Å². The van der Waals surface area contributed by atoms with Gasteiger partial charge >= 0.3 is 12.1 Å². The van der Waals surface area contributed by atoms with Gasteiger partial charge < -0.3 is 5.11 Å². The smallest absolute Gasteiger partial charge is 0.416 e. The first-order chi connectivity index (χ1) is 17.5. The van der Waals surface area contributed by atoms with Gasteiger partial charge in [0.25, 0.3) is 11.1 Å². The number of carboxylic acid groups (broad SMARTS) is 1. The van der Waals surface area contributed by atoms with Gasteiger partial charge in [-0.25, -0.2) is 9.69 Å². The van der Waals surface area contributed by atoms with Crippen LogP contribution in [0.1, 0.15) is 29.5 Å². The number of alkyl halides is 3. The lowest BCUT2D eigenvalue weighted by Crippen LogP contribution is -2.62. The van der Waals surface area contributed by atoms with E-state index >= 15 is 0 Å². The molecular formula is C24H18ClF3N4O4S. The zero-order valence-electron chi connectivity index (χ0n) is 18.9. The largest absolute Gasteiger partial charge is 0.478 e. The highest BCUT2D eigenvalue weighted by Crippen LogP contribution is 2.39. The quantitative estimate of drug-likeness (QED) is 0.433. The van der Waals surface area contributed by atoms with Crippen molar-refractivity contribution in [2.45, 2.75) is 31.2 Å². The fourth-order valence-electron chi connectivity index (χ4n) is 4.58. The zero-order chi connectivity index (χ0) is 26.5. The van der Waals surface area contributed by atoms with Crippen LogP contribution in [0.3, 0.4) is 0 Å². The number of thioether (sulfide) groups is 1. The molecule has 2 amide bonds. The van der Waals surface area contributed by atoms with Crippen molar-refractivity contribution in [2.75, 3.05) is 6.54 Å². The highest BCUT2D eigenvalue weighted by molar-refractivity contribution is 8.18. The molecule has 2 aromatic carbocycles. The van der Waals surface area contributed by atoms with Crippen molar-refractivity contribution in [2.24, 2.45) is 0 Å². The maximum atomic E-state index is 13.5. The SMILES string of the molecule is O=C1SC(=Cc2ccc3c(cnn3Cc3ccc(Cl)cc3C(F)(F)F)c2)C(=O)N1[C@@]1(C(=O)O)CCCN1. The Morgan fingerprint density at radius 1 is 1.24 bits per heavy atom. The van der Waals surface area contributed by atoms with Crippen molar-refractivity contribution in [1.82, 2.24) is 20.0 Å². The van der Waals surface area contributed by atoms with Crippen molar-refractivity contribution in [3.8, 4) is 0 Å². The number of hydrogen-bond donors (Lipinski definition) is 2. The minimum atomic E-state index is -4.58. The van der Waals surface area contributed by atoms with Crippen LogP contribution in [0, 0.1) is 0 Å².